The molecule has 126 valence electrons. The number of methoxy groups -OCH3 is 1. The summed E-state index contributed by atoms with van der Waals surface area (Å²) < 4.78 is 16.8. The highest BCUT2D eigenvalue weighted by atomic mass is 79.9. The number of rotatable bonds is 7. The van der Waals surface area contributed by atoms with Gasteiger partial charge in [-0.3, -0.25) is 4.79 Å². The largest absolute Gasteiger partial charge is 0.493 e. The van der Waals surface area contributed by atoms with E-state index in [1.165, 1.54) is 13.3 Å². The molecule has 1 heterocycles. The summed E-state index contributed by atoms with van der Waals surface area (Å²) in [7, 11) is 1.53. The van der Waals surface area contributed by atoms with Crippen molar-refractivity contribution in [2.24, 2.45) is 5.10 Å². The number of hydrogen-bond acceptors (Lipinski definition) is 5. The van der Waals surface area contributed by atoms with Crippen molar-refractivity contribution in [2.75, 3.05) is 13.7 Å². The van der Waals surface area contributed by atoms with Crippen LogP contribution in [0.2, 0.25) is 0 Å². The Balaban J connectivity index is 1.77. The molecule has 2 aromatic rings. The Bertz CT molecular complexity index is 753. The van der Waals surface area contributed by atoms with Gasteiger partial charge in [0.2, 0.25) is 0 Å². The number of nitrogens with one attached hydrogen (secondary N) is 1. The molecule has 0 unspecified atom stereocenters. The topological polar surface area (TPSA) is 73.1 Å². The van der Waals surface area contributed by atoms with Gasteiger partial charge in [-0.05, 0) is 49.4 Å². The zero-order valence-corrected chi connectivity index (χ0v) is 14.9. The molecule has 0 aliphatic rings. The number of amides is 1. The molecule has 1 aromatic heterocycles. The van der Waals surface area contributed by atoms with Gasteiger partial charge < -0.3 is 13.9 Å². The van der Waals surface area contributed by atoms with E-state index in [0.717, 1.165) is 16.0 Å². The van der Waals surface area contributed by atoms with E-state index in [1.807, 2.05) is 19.1 Å². The molecule has 0 radical (unpaired) electrons. The second kappa shape index (κ2) is 8.93. The van der Waals surface area contributed by atoms with Crippen molar-refractivity contribution in [3.8, 4) is 11.5 Å². The second-order valence-electron chi connectivity index (χ2n) is 4.70. The minimum Gasteiger partial charge on any atom is -0.493 e. The fraction of sp³-hybridized carbons (Fsp3) is 0.176. The van der Waals surface area contributed by atoms with Crippen LogP contribution in [0.3, 0.4) is 0 Å². The van der Waals surface area contributed by atoms with E-state index in [-0.39, 0.29) is 12.5 Å². The number of hydrazone groups is 1. The first-order chi connectivity index (χ1) is 11.6. The number of hydrogen-bond donors (Lipinski definition) is 1. The lowest BCUT2D eigenvalue weighted by molar-refractivity contribution is -0.123. The van der Waals surface area contributed by atoms with Crippen LogP contribution in [0, 0.1) is 6.92 Å². The Labute approximate surface area is 148 Å². The number of ether oxygens (including phenoxy) is 2. The molecule has 0 saturated heterocycles. The summed E-state index contributed by atoms with van der Waals surface area (Å²) in [5, 5.41) is 3.79. The maximum Gasteiger partial charge on any atom is 0.277 e. The van der Waals surface area contributed by atoms with Crippen LogP contribution in [-0.2, 0) is 4.79 Å². The molecule has 0 spiro atoms. The number of benzene rings is 1. The molecule has 0 fully saturated rings. The van der Waals surface area contributed by atoms with Gasteiger partial charge in [0.25, 0.3) is 5.91 Å². The zero-order chi connectivity index (χ0) is 17.4. The predicted molar refractivity (Wildman–Crippen MR) is 95.3 cm³/mol. The van der Waals surface area contributed by atoms with Crippen molar-refractivity contribution in [1.82, 2.24) is 5.43 Å². The van der Waals surface area contributed by atoms with E-state index in [2.05, 4.69) is 26.5 Å². The van der Waals surface area contributed by atoms with Gasteiger partial charge in [-0.1, -0.05) is 15.9 Å². The van der Waals surface area contributed by atoms with Crippen LogP contribution in [0.25, 0.3) is 6.08 Å². The third-order valence-electron chi connectivity index (χ3n) is 2.86. The molecule has 2 rings (SSSR count). The number of allylic oxidation sites excluding steroid dienone is 1. The summed E-state index contributed by atoms with van der Waals surface area (Å²) in [6.45, 7) is 1.70. The highest BCUT2D eigenvalue weighted by Gasteiger charge is 2.07. The third kappa shape index (κ3) is 5.58. The molecule has 6 nitrogen and oxygen atoms in total. The lowest BCUT2D eigenvalue weighted by atomic mass is 10.3. The van der Waals surface area contributed by atoms with Gasteiger partial charge in [-0.15, -0.1) is 0 Å². The van der Waals surface area contributed by atoms with Crippen molar-refractivity contribution in [3.05, 3.63) is 52.4 Å². The maximum atomic E-state index is 11.7. The SMILES string of the molecule is COc1cc(Br)ccc1OCC(=O)NN=CC=Cc1ccc(C)o1. The van der Waals surface area contributed by atoms with E-state index < -0.39 is 0 Å². The van der Waals surface area contributed by atoms with E-state index in [9.17, 15) is 4.79 Å². The van der Waals surface area contributed by atoms with E-state index in [4.69, 9.17) is 13.9 Å². The summed E-state index contributed by atoms with van der Waals surface area (Å²) in [5.41, 5.74) is 2.37. The van der Waals surface area contributed by atoms with Crippen LogP contribution in [0.15, 0.2) is 50.4 Å². The molecule has 24 heavy (non-hydrogen) atoms. The Morgan fingerprint density at radius 3 is 2.88 bits per heavy atom. The summed E-state index contributed by atoms with van der Waals surface area (Å²) in [6, 6.07) is 8.99. The fourth-order valence-corrected chi connectivity index (χ4v) is 2.11. The molecular weight excluding hydrogens is 376 g/mol. The zero-order valence-electron chi connectivity index (χ0n) is 13.3. The smallest absolute Gasteiger partial charge is 0.277 e. The third-order valence-corrected chi connectivity index (χ3v) is 3.35. The number of carbonyl (C=O) groups excluding carboxylic acids is 1. The van der Waals surface area contributed by atoms with Crippen LogP contribution in [-0.4, -0.2) is 25.8 Å². The standard InChI is InChI=1S/C17H17BrN2O4/c1-12-5-7-14(24-12)4-3-9-19-20-17(21)11-23-15-8-6-13(18)10-16(15)22-2/h3-10H,11H2,1-2H3,(H,20,21). The summed E-state index contributed by atoms with van der Waals surface area (Å²) in [6.07, 6.45) is 4.86. The van der Waals surface area contributed by atoms with Gasteiger partial charge in [-0.25, -0.2) is 5.43 Å². The number of aryl methyl sites for hydroxylation is 1. The van der Waals surface area contributed by atoms with Crippen LogP contribution in [0.5, 0.6) is 11.5 Å². The molecule has 0 bridgehead atoms. The highest BCUT2D eigenvalue weighted by Crippen LogP contribution is 2.29. The summed E-state index contributed by atoms with van der Waals surface area (Å²) >= 11 is 3.34. The highest BCUT2D eigenvalue weighted by molar-refractivity contribution is 9.10. The minimum atomic E-state index is -0.376. The van der Waals surface area contributed by atoms with Gasteiger partial charge >= 0.3 is 0 Å². The first-order valence-electron chi connectivity index (χ1n) is 7.10. The van der Waals surface area contributed by atoms with Crippen molar-refractivity contribution in [3.63, 3.8) is 0 Å². The monoisotopic (exact) mass is 392 g/mol. The first kappa shape index (κ1) is 17.8. The molecule has 7 heteroatoms. The Morgan fingerprint density at radius 2 is 2.17 bits per heavy atom. The number of halogens is 1. The molecule has 0 atom stereocenters. The minimum absolute atomic E-state index is 0.170. The lowest BCUT2D eigenvalue weighted by Crippen LogP contribution is -2.24. The van der Waals surface area contributed by atoms with E-state index >= 15 is 0 Å². The van der Waals surface area contributed by atoms with Crippen LogP contribution < -0.4 is 14.9 Å². The average molecular weight is 393 g/mol. The molecule has 0 aliphatic carbocycles. The number of carbonyl (C=O) groups is 1. The van der Waals surface area contributed by atoms with Crippen molar-refractivity contribution < 1.29 is 18.7 Å². The maximum absolute atomic E-state index is 11.7. The Hall–Kier alpha value is -2.54. The molecule has 1 aromatic carbocycles. The van der Waals surface area contributed by atoms with Gasteiger partial charge in [0.1, 0.15) is 11.5 Å². The Morgan fingerprint density at radius 1 is 1.33 bits per heavy atom. The van der Waals surface area contributed by atoms with Gasteiger partial charge in [0.15, 0.2) is 18.1 Å². The van der Waals surface area contributed by atoms with Crippen molar-refractivity contribution in [1.29, 1.82) is 0 Å². The molecule has 1 amide bonds. The van der Waals surface area contributed by atoms with Crippen molar-refractivity contribution >= 4 is 34.1 Å². The molecule has 0 saturated carbocycles. The average Bonchev–Trinajstić information content (AvgIpc) is 2.98. The Kier molecular flexibility index (Phi) is 6.62. The number of nitrogens with zero attached hydrogens (tertiary/aromatic N) is 1. The second-order valence-corrected chi connectivity index (χ2v) is 5.62. The molecular formula is C17H17BrN2O4. The van der Waals surface area contributed by atoms with Gasteiger partial charge in [0.05, 0.1) is 7.11 Å². The quantitative estimate of drug-likeness (QED) is 0.577. The van der Waals surface area contributed by atoms with Crippen molar-refractivity contribution in [2.45, 2.75) is 6.92 Å². The van der Waals surface area contributed by atoms with Gasteiger partial charge in [-0.2, -0.15) is 5.10 Å². The van der Waals surface area contributed by atoms with E-state index in [0.29, 0.717) is 11.5 Å². The van der Waals surface area contributed by atoms with E-state index in [1.54, 1.807) is 30.4 Å². The fourth-order valence-electron chi connectivity index (χ4n) is 1.77. The summed E-state index contributed by atoms with van der Waals surface area (Å²) in [5.74, 6) is 2.19. The van der Waals surface area contributed by atoms with Crippen LogP contribution in [0.4, 0.5) is 0 Å². The van der Waals surface area contributed by atoms with Crippen LogP contribution in [0.1, 0.15) is 11.5 Å². The van der Waals surface area contributed by atoms with Crippen LogP contribution >= 0.6 is 15.9 Å². The first-order valence-corrected chi connectivity index (χ1v) is 7.89. The number of furan rings is 1. The predicted octanol–water partition coefficient (Wildman–Crippen LogP) is 3.55. The molecule has 0 aliphatic heterocycles. The normalized spacial score (nSPS) is 11.1. The van der Waals surface area contributed by atoms with Gasteiger partial charge in [0, 0.05) is 10.7 Å². The summed E-state index contributed by atoms with van der Waals surface area (Å²) in [4.78, 5) is 11.7. The molecule has 1 N–H and O–H groups in total. The lowest BCUT2D eigenvalue weighted by Gasteiger charge is -2.09.